The number of unbranched alkanes of at least 4 members (excludes halogenated alkanes) is 61. The Balaban J connectivity index is 2.12. The molecule has 8 N–H and O–H groups in total. The van der Waals surface area contributed by atoms with Gasteiger partial charge in [-0.25, -0.2) is 0 Å². The van der Waals surface area contributed by atoms with Crippen molar-refractivity contribution in [2.75, 3.05) is 13.2 Å². The molecule has 9 unspecified atom stereocenters. The maximum Gasteiger partial charge on any atom is 0.249 e. The summed E-state index contributed by atoms with van der Waals surface area (Å²) in [6, 6.07) is -1.18. The third-order valence-electron chi connectivity index (χ3n) is 20.6. The van der Waals surface area contributed by atoms with Crippen LogP contribution in [0.3, 0.4) is 0 Å². The number of hydrogen-bond donors (Lipinski definition) is 8. The molecule has 0 bridgehead atoms. The average Bonchev–Trinajstić information content (AvgIpc) is 1.04. The fraction of sp³-hybridized carbons (Fsp3) is 0.963. The zero-order valence-electron chi connectivity index (χ0n) is 61.8. The molecule has 1 aliphatic rings. The highest BCUT2D eigenvalue weighted by atomic mass is 16.7. The smallest absolute Gasteiger partial charge is 0.249 e. The van der Waals surface area contributed by atoms with Crippen LogP contribution in [0.1, 0.15) is 438 Å². The highest BCUT2D eigenvalue weighted by molar-refractivity contribution is 5.80. The molecule has 0 saturated carbocycles. The summed E-state index contributed by atoms with van der Waals surface area (Å²) in [5, 5.41) is 76.8. The minimum absolute atomic E-state index is 0.260. The van der Waals surface area contributed by atoms with E-state index in [1.165, 1.54) is 366 Å². The standard InChI is InChI=1S/C82H161NO10/c1-3-5-7-9-11-13-15-17-19-21-23-25-27-29-31-33-35-37-38-40-42-44-46-48-50-52-54-56-58-60-62-64-66-68-70-75(86)81(91)83-73(72-92-82-80(90)79(89)78(88)76(71-84)93-82)77(87)74(85)69-67-65-63-61-59-57-55-53-51-49-47-45-43-41-39-36-34-32-30-28-26-24-22-20-18-16-14-12-10-8-6-4-2/h61,63,73-80,82,84-90H,3-60,62,64-72H2,1-2H3,(H,83,91)/b63-61+. The molecule has 1 fully saturated rings. The molecule has 554 valence electrons. The van der Waals surface area contributed by atoms with Crippen molar-refractivity contribution in [3.63, 3.8) is 0 Å². The van der Waals surface area contributed by atoms with Crippen LogP contribution in [-0.2, 0) is 14.3 Å². The van der Waals surface area contributed by atoms with Crippen molar-refractivity contribution in [2.45, 2.75) is 493 Å². The maximum atomic E-state index is 13.3. The van der Waals surface area contributed by atoms with Crippen LogP contribution in [0.2, 0.25) is 0 Å². The molecule has 0 spiro atoms. The zero-order chi connectivity index (χ0) is 67.4. The van der Waals surface area contributed by atoms with Gasteiger partial charge in [0.15, 0.2) is 6.29 Å². The number of aliphatic hydroxyl groups excluding tert-OH is 7. The zero-order valence-corrected chi connectivity index (χ0v) is 61.8. The maximum absolute atomic E-state index is 13.3. The lowest BCUT2D eigenvalue weighted by molar-refractivity contribution is -0.303. The van der Waals surface area contributed by atoms with E-state index in [0.29, 0.717) is 12.8 Å². The number of aliphatic hydroxyl groups is 7. The van der Waals surface area contributed by atoms with Crippen LogP contribution in [0.5, 0.6) is 0 Å². The molecule has 11 nitrogen and oxygen atoms in total. The summed E-state index contributed by atoms with van der Waals surface area (Å²) in [5.41, 5.74) is 0. The van der Waals surface area contributed by atoms with E-state index in [-0.39, 0.29) is 12.8 Å². The molecule has 9 atom stereocenters. The van der Waals surface area contributed by atoms with Crippen molar-refractivity contribution in [1.82, 2.24) is 5.32 Å². The summed E-state index contributed by atoms with van der Waals surface area (Å²) in [6.07, 6.45) is 79.2. The summed E-state index contributed by atoms with van der Waals surface area (Å²) in [7, 11) is 0. The summed E-state index contributed by atoms with van der Waals surface area (Å²) in [5.74, 6) is -0.696. The predicted octanol–water partition coefficient (Wildman–Crippen LogP) is 21.7. The van der Waals surface area contributed by atoms with E-state index < -0.39 is 74.2 Å². The van der Waals surface area contributed by atoms with Gasteiger partial charge in [-0.05, 0) is 38.5 Å². The largest absolute Gasteiger partial charge is 0.394 e. The Morgan fingerprint density at radius 3 is 0.925 bits per heavy atom. The lowest BCUT2D eigenvalue weighted by atomic mass is 9.98. The van der Waals surface area contributed by atoms with Crippen LogP contribution in [0.25, 0.3) is 0 Å². The van der Waals surface area contributed by atoms with Gasteiger partial charge in [0.1, 0.15) is 36.6 Å². The minimum atomic E-state index is -1.67. The van der Waals surface area contributed by atoms with Crippen LogP contribution < -0.4 is 5.32 Å². The molecule has 93 heavy (non-hydrogen) atoms. The van der Waals surface area contributed by atoms with E-state index in [2.05, 4.69) is 31.3 Å². The third kappa shape index (κ3) is 57.3. The number of rotatable bonds is 75. The van der Waals surface area contributed by atoms with E-state index in [4.69, 9.17) is 9.47 Å². The van der Waals surface area contributed by atoms with E-state index in [1.807, 2.05) is 0 Å². The second kappa shape index (κ2) is 70.7. The predicted molar refractivity (Wildman–Crippen MR) is 395 cm³/mol. The van der Waals surface area contributed by atoms with Crippen LogP contribution in [0.15, 0.2) is 12.2 Å². The van der Waals surface area contributed by atoms with Gasteiger partial charge >= 0.3 is 0 Å². The number of carbonyl (C=O) groups excluding carboxylic acids is 1. The first kappa shape index (κ1) is 89.9. The van der Waals surface area contributed by atoms with Crippen LogP contribution in [0.4, 0.5) is 0 Å². The van der Waals surface area contributed by atoms with Gasteiger partial charge in [0.05, 0.1) is 25.4 Å². The van der Waals surface area contributed by atoms with Gasteiger partial charge < -0.3 is 50.5 Å². The Kier molecular flexibility index (Phi) is 68.3. The second-order valence-electron chi connectivity index (χ2n) is 29.6. The highest BCUT2D eigenvalue weighted by Gasteiger charge is 2.44. The van der Waals surface area contributed by atoms with Crippen molar-refractivity contribution >= 4 is 5.91 Å². The van der Waals surface area contributed by atoms with Crippen molar-refractivity contribution < 1.29 is 50.0 Å². The van der Waals surface area contributed by atoms with Crippen molar-refractivity contribution in [3.8, 4) is 0 Å². The number of allylic oxidation sites excluding steroid dienone is 2. The Hall–Kier alpha value is -1.15. The molecule has 1 saturated heterocycles. The number of amides is 1. The summed E-state index contributed by atoms with van der Waals surface area (Å²) < 4.78 is 11.2. The van der Waals surface area contributed by atoms with Gasteiger partial charge in [0, 0.05) is 0 Å². The molecule has 0 aromatic heterocycles. The van der Waals surface area contributed by atoms with E-state index in [9.17, 15) is 40.5 Å². The normalized spacial score (nSPS) is 18.2. The average molecular weight is 1320 g/mol. The molecule has 0 radical (unpaired) electrons. The summed E-state index contributed by atoms with van der Waals surface area (Å²) in [4.78, 5) is 13.3. The molecule has 0 aromatic rings. The van der Waals surface area contributed by atoms with Gasteiger partial charge in [-0.3, -0.25) is 4.79 Å². The lowest BCUT2D eigenvalue weighted by Crippen LogP contribution is -2.60. The first-order valence-electron chi connectivity index (χ1n) is 41.6. The molecule has 1 rings (SSSR count). The Labute approximate surface area is 576 Å². The first-order valence-corrected chi connectivity index (χ1v) is 41.6. The van der Waals surface area contributed by atoms with Crippen molar-refractivity contribution in [2.24, 2.45) is 0 Å². The van der Waals surface area contributed by atoms with Crippen LogP contribution >= 0.6 is 0 Å². The highest BCUT2D eigenvalue weighted by Crippen LogP contribution is 2.25. The number of carbonyl (C=O) groups is 1. The molecule has 1 aliphatic heterocycles. The lowest BCUT2D eigenvalue weighted by Gasteiger charge is -2.40. The number of ether oxygens (including phenoxy) is 2. The van der Waals surface area contributed by atoms with Gasteiger partial charge in [-0.15, -0.1) is 0 Å². The van der Waals surface area contributed by atoms with Gasteiger partial charge in [0.25, 0.3) is 0 Å². The molecular formula is C82H161NO10. The monoisotopic (exact) mass is 1320 g/mol. The van der Waals surface area contributed by atoms with Crippen LogP contribution in [0, 0.1) is 0 Å². The fourth-order valence-corrected chi connectivity index (χ4v) is 14.0. The number of hydrogen-bond acceptors (Lipinski definition) is 10. The number of nitrogens with one attached hydrogen (secondary N) is 1. The molecule has 0 aliphatic carbocycles. The first-order chi connectivity index (χ1) is 45.7. The molecule has 1 heterocycles. The summed E-state index contributed by atoms with van der Waals surface area (Å²) in [6.45, 7) is 3.53. The second-order valence-corrected chi connectivity index (χ2v) is 29.6. The topological polar surface area (TPSA) is 189 Å². The van der Waals surface area contributed by atoms with E-state index >= 15 is 0 Å². The van der Waals surface area contributed by atoms with E-state index in [1.54, 1.807) is 0 Å². The fourth-order valence-electron chi connectivity index (χ4n) is 14.0. The minimum Gasteiger partial charge on any atom is -0.394 e. The van der Waals surface area contributed by atoms with Crippen LogP contribution in [-0.4, -0.2) is 110 Å². The molecule has 1 amide bonds. The van der Waals surface area contributed by atoms with Crippen molar-refractivity contribution in [3.05, 3.63) is 12.2 Å². The third-order valence-corrected chi connectivity index (χ3v) is 20.6. The Morgan fingerprint density at radius 2 is 0.634 bits per heavy atom. The molecule has 11 heteroatoms. The summed E-state index contributed by atoms with van der Waals surface area (Å²) >= 11 is 0. The quantitative estimate of drug-likeness (QED) is 0.0215. The molecule has 0 aromatic carbocycles. The Morgan fingerprint density at radius 1 is 0.366 bits per heavy atom. The Bertz CT molecular complexity index is 1520. The van der Waals surface area contributed by atoms with Gasteiger partial charge in [-0.1, -0.05) is 411 Å². The SMILES string of the molecule is CCCCCCCCCCCCCCCCCCCCCCCCCCCCC/C=C/CCCC(O)C(O)C(COC1OC(CO)C(O)C(O)C1O)NC(=O)C(O)CCCCCCCCCCCCCCCCCCCCCCCCCCCCCCCCCCCC. The molecular weight excluding hydrogens is 1160 g/mol. The van der Waals surface area contributed by atoms with E-state index in [0.717, 1.165) is 32.1 Å². The van der Waals surface area contributed by atoms with Gasteiger partial charge in [-0.2, -0.15) is 0 Å². The van der Waals surface area contributed by atoms with Crippen molar-refractivity contribution in [1.29, 1.82) is 0 Å². The van der Waals surface area contributed by atoms with Gasteiger partial charge in [0.2, 0.25) is 5.91 Å².